The van der Waals surface area contributed by atoms with Crippen molar-refractivity contribution in [3.63, 3.8) is 0 Å². The monoisotopic (exact) mass is 802 g/mol. The van der Waals surface area contributed by atoms with Crippen LogP contribution in [0.25, 0.3) is 55.6 Å². The quantitative estimate of drug-likeness (QED) is 0.163. The second-order valence-electron chi connectivity index (χ2n) is 11.9. The molecule has 0 atom stereocenters. The number of rotatable bonds is 5. The Balaban J connectivity index is 0.000000178. The van der Waals surface area contributed by atoms with Crippen LogP contribution >= 0.6 is 0 Å². The molecule has 3 nitrogen and oxygen atoms in total. The minimum atomic E-state index is -2.20. The van der Waals surface area contributed by atoms with E-state index in [9.17, 15) is 0 Å². The van der Waals surface area contributed by atoms with E-state index in [2.05, 4.69) is 90.5 Å². The molecule has 48 heavy (non-hydrogen) atoms. The van der Waals surface area contributed by atoms with Crippen LogP contribution < -0.4 is 0 Å². The Morgan fingerprint density at radius 3 is 2.15 bits per heavy atom. The maximum absolute atomic E-state index is 7.72. The Hall–Kier alpha value is -5.15. The Morgan fingerprint density at radius 1 is 0.646 bits per heavy atom. The van der Waals surface area contributed by atoms with Gasteiger partial charge in [-0.05, 0) is 58.2 Å². The van der Waals surface area contributed by atoms with E-state index in [0.29, 0.717) is 11.3 Å². The molecule has 0 bridgehead atoms. The van der Waals surface area contributed by atoms with Crippen molar-refractivity contribution in [3.8, 4) is 33.6 Å². The van der Waals surface area contributed by atoms with Crippen molar-refractivity contribution in [3.05, 3.63) is 181 Å². The zero-order valence-corrected chi connectivity index (χ0v) is 29.0. The second kappa shape index (κ2) is 14.3. The minimum absolute atomic E-state index is 0. The fourth-order valence-electron chi connectivity index (χ4n) is 5.82. The van der Waals surface area contributed by atoms with Crippen molar-refractivity contribution in [2.24, 2.45) is 0 Å². The van der Waals surface area contributed by atoms with Crippen LogP contribution in [0.5, 0.6) is 0 Å². The van der Waals surface area contributed by atoms with Crippen molar-refractivity contribution < 1.29 is 28.6 Å². The largest absolute Gasteiger partial charge is 0.500 e. The van der Waals surface area contributed by atoms with Crippen molar-refractivity contribution in [2.75, 3.05) is 0 Å². The van der Waals surface area contributed by atoms with Gasteiger partial charge in [0, 0.05) is 47.4 Å². The van der Waals surface area contributed by atoms with Crippen molar-refractivity contribution in [1.29, 1.82) is 0 Å². The van der Waals surface area contributed by atoms with Gasteiger partial charge < -0.3 is 14.4 Å². The topological polar surface area (TPSA) is 38.9 Å². The van der Waals surface area contributed by atoms with Gasteiger partial charge in [-0.15, -0.1) is 59.7 Å². The summed E-state index contributed by atoms with van der Waals surface area (Å²) in [6.07, 6.45) is 3.34. The van der Waals surface area contributed by atoms with E-state index in [-0.39, 0.29) is 31.1 Å². The maximum atomic E-state index is 7.72. The third-order valence-corrected chi connectivity index (χ3v) is 8.54. The molecular formula is C44H34IrN2O-2. The van der Waals surface area contributed by atoms with E-state index >= 15 is 0 Å². The van der Waals surface area contributed by atoms with Gasteiger partial charge >= 0.3 is 0 Å². The molecule has 3 aromatic heterocycles. The molecule has 8 aromatic rings. The number of hydrogen-bond donors (Lipinski definition) is 0. The summed E-state index contributed by atoms with van der Waals surface area (Å²) in [7, 11) is 0. The van der Waals surface area contributed by atoms with Gasteiger partial charge in [0.25, 0.3) is 0 Å². The van der Waals surface area contributed by atoms with Gasteiger partial charge in [0.05, 0.1) is 5.58 Å². The van der Waals surface area contributed by atoms with Gasteiger partial charge in [-0.1, -0.05) is 110 Å². The number of pyridine rings is 2. The van der Waals surface area contributed by atoms with Gasteiger partial charge in [-0.2, -0.15) is 0 Å². The number of aromatic nitrogens is 2. The van der Waals surface area contributed by atoms with Crippen LogP contribution in [0.3, 0.4) is 0 Å². The normalized spacial score (nSPS) is 12.2. The molecule has 0 spiro atoms. The number of benzene rings is 5. The number of aryl methyl sites for hydroxylation is 1. The van der Waals surface area contributed by atoms with Gasteiger partial charge in [0.1, 0.15) is 5.58 Å². The summed E-state index contributed by atoms with van der Waals surface area (Å²) in [5, 5.41) is 2.22. The van der Waals surface area contributed by atoms with Gasteiger partial charge in [-0.3, -0.25) is 0 Å². The summed E-state index contributed by atoms with van der Waals surface area (Å²) in [5.41, 5.74) is 9.44. The second-order valence-corrected chi connectivity index (χ2v) is 11.9. The Kier molecular flexibility index (Phi) is 8.65. The molecule has 8 rings (SSSR count). The third kappa shape index (κ3) is 6.78. The van der Waals surface area contributed by atoms with Gasteiger partial charge in [-0.25, -0.2) is 0 Å². The standard InChI is InChI=1S/C26H20NO.C18H14N.Ir/c1-26(2,19-8-4-3-5-9-19)20-14-15-27-23(17-20)18-12-13-25-22(16-18)21-10-6-7-11-24(21)28-25;1-14-13-19-18(16-10-6-3-7-11-16)12-17(14)15-8-4-2-5-9-15;/h3-11,13-17H,1-2H3;2-10,12-13H,1H3;/q2*-1;/i;1D3;. The number of para-hydroxylation sites is 1. The molecule has 0 saturated carbocycles. The first-order valence-corrected chi connectivity index (χ1v) is 15.6. The Bertz CT molecular complexity index is 2390. The molecule has 3 heterocycles. The molecule has 0 aliphatic carbocycles. The van der Waals surface area contributed by atoms with E-state index in [1.165, 1.54) is 17.3 Å². The zero-order chi connectivity index (χ0) is 34.7. The molecule has 0 N–H and O–H groups in total. The fraction of sp³-hybridized carbons (Fsp3) is 0.0909. The van der Waals surface area contributed by atoms with E-state index in [0.717, 1.165) is 44.3 Å². The predicted octanol–water partition coefficient (Wildman–Crippen LogP) is 11.3. The molecule has 0 fully saturated rings. The first-order valence-electron chi connectivity index (χ1n) is 17.1. The van der Waals surface area contributed by atoms with Crippen LogP contribution in [0, 0.1) is 19.0 Å². The van der Waals surface area contributed by atoms with E-state index in [1.54, 1.807) is 0 Å². The molecular weight excluding hydrogens is 765 g/mol. The van der Waals surface area contributed by atoms with E-state index in [4.69, 9.17) is 8.53 Å². The van der Waals surface area contributed by atoms with E-state index < -0.39 is 6.85 Å². The minimum Gasteiger partial charge on any atom is -0.500 e. The summed E-state index contributed by atoms with van der Waals surface area (Å²) < 4.78 is 29.1. The van der Waals surface area contributed by atoms with Gasteiger partial charge in [0.15, 0.2) is 0 Å². The van der Waals surface area contributed by atoms with Crippen LogP contribution in [0.4, 0.5) is 0 Å². The molecule has 1 radical (unpaired) electrons. The van der Waals surface area contributed by atoms with Crippen molar-refractivity contribution >= 4 is 21.9 Å². The third-order valence-electron chi connectivity index (χ3n) is 8.54. The first kappa shape index (κ1) is 29.0. The van der Waals surface area contributed by atoms with E-state index in [1.807, 2.05) is 91.1 Å². The fourth-order valence-corrected chi connectivity index (χ4v) is 5.82. The number of furan rings is 1. The van der Waals surface area contributed by atoms with Crippen LogP contribution in [0.1, 0.15) is 34.7 Å². The SMILES string of the molecule is CC(C)(c1ccccc1)c1ccnc(-c2[c-]cc3oc4ccccc4c3c2)c1.[2H]C([2H])([2H])c1cnc(-c2[c-]cccc2)cc1-c1ccccc1.[Ir]. The maximum Gasteiger partial charge on any atom is 0.120 e. The smallest absolute Gasteiger partial charge is 0.120 e. The molecule has 237 valence electrons. The summed E-state index contributed by atoms with van der Waals surface area (Å²) >= 11 is 0. The van der Waals surface area contributed by atoms with Crippen LogP contribution in [-0.2, 0) is 25.5 Å². The zero-order valence-electron chi connectivity index (χ0n) is 29.6. The molecule has 0 aliphatic rings. The summed E-state index contributed by atoms with van der Waals surface area (Å²) in [5.74, 6) is 0. The molecule has 0 aliphatic heterocycles. The number of hydrogen-bond acceptors (Lipinski definition) is 3. The summed E-state index contributed by atoms with van der Waals surface area (Å²) in [6.45, 7) is 2.30. The van der Waals surface area contributed by atoms with Gasteiger partial charge in [0.2, 0.25) is 0 Å². The molecule has 0 unspecified atom stereocenters. The first-order chi connectivity index (χ1) is 24.2. The molecule has 0 amide bonds. The summed E-state index contributed by atoms with van der Waals surface area (Å²) in [4.78, 5) is 8.94. The van der Waals surface area contributed by atoms with Crippen molar-refractivity contribution in [2.45, 2.75) is 26.1 Å². The van der Waals surface area contributed by atoms with Crippen LogP contribution in [-0.4, -0.2) is 9.97 Å². The molecule has 0 saturated heterocycles. The average molecular weight is 802 g/mol. The molecule has 4 heteroatoms. The summed E-state index contributed by atoms with van der Waals surface area (Å²) in [6, 6.07) is 52.3. The Morgan fingerprint density at radius 2 is 1.38 bits per heavy atom. The number of fused-ring (bicyclic) bond motifs is 3. The van der Waals surface area contributed by atoms with Crippen LogP contribution in [0.2, 0.25) is 0 Å². The van der Waals surface area contributed by atoms with Crippen LogP contribution in [0.15, 0.2) is 156 Å². The molecule has 5 aromatic carbocycles. The predicted molar refractivity (Wildman–Crippen MR) is 193 cm³/mol. The number of nitrogens with zero attached hydrogens (tertiary/aromatic N) is 2. The van der Waals surface area contributed by atoms with Crippen molar-refractivity contribution in [1.82, 2.24) is 9.97 Å². The average Bonchev–Trinajstić information content (AvgIpc) is 3.54. The Labute approximate surface area is 299 Å².